The van der Waals surface area contributed by atoms with Crippen molar-refractivity contribution in [3.8, 4) is 16.9 Å². The second-order valence-corrected chi connectivity index (χ2v) is 5.70. The Balaban J connectivity index is 1.88. The zero-order valence-corrected chi connectivity index (χ0v) is 14.0. The molecule has 0 fully saturated rings. The van der Waals surface area contributed by atoms with Crippen molar-refractivity contribution in [3.05, 3.63) is 48.4 Å². The molecular formula is C17H17N3O2S. The van der Waals surface area contributed by atoms with Crippen molar-refractivity contribution in [1.82, 2.24) is 10.1 Å². The zero-order valence-electron chi connectivity index (χ0n) is 13.2. The molecule has 118 valence electrons. The quantitative estimate of drug-likeness (QED) is 0.695. The third kappa shape index (κ3) is 3.32. The summed E-state index contributed by atoms with van der Waals surface area (Å²) in [6, 6.07) is 11.7. The van der Waals surface area contributed by atoms with Crippen molar-refractivity contribution >= 4 is 23.3 Å². The first-order valence-corrected chi connectivity index (χ1v) is 8.31. The van der Waals surface area contributed by atoms with E-state index in [4.69, 9.17) is 9.26 Å². The summed E-state index contributed by atoms with van der Waals surface area (Å²) in [5.41, 5.74) is 2.99. The van der Waals surface area contributed by atoms with Gasteiger partial charge in [0.2, 0.25) is 0 Å². The van der Waals surface area contributed by atoms with Crippen molar-refractivity contribution in [2.75, 3.05) is 18.7 Å². The van der Waals surface area contributed by atoms with Crippen molar-refractivity contribution in [2.45, 2.75) is 11.9 Å². The van der Waals surface area contributed by atoms with Crippen LogP contribution in [-0.4, -0.2) is 23.5 Å². The smallest absolute Gasteiger partial charge is 0.147 e. The van der Waals surface area contributed by atoms with Crippen LogP contribution >= 0.6 is 11.8 Å². The number of benzene rings is 1. The highest BCUT2D eigenvalue weighted by atomic mass is 32.2. The molecule has 2 heterocycles. The second kappa shape index (κ2) is 6.75. The van der Waals surface area contributed by atoms with Crippen LogP contribution in [-0.2, 0) is 0 Å². The van der Waals surface area contributed by atoms with Crippen LogP contribution in [0.15, 0.2) is 52.1 Å². The average molecular weight is 327 g/mol. The van der Waals surface area contributed by atoms with Crippen molar-refractivity contribution in [1.29, 1.82) is 0 Å². The summed E-state index contributed by atoms with van der Waals surface area (Å²) < 4.78 is 10.5. The molecule has 0 radical (unpaired) electrons. The number of hydrogen-bond acceptors (Lipinski definition) is 6. The van der Waals surface area contributed by atoms with E-state index < -0.39 is 0 Å². The number of anilines is 2. The molecule has 0 bridgehead atoms. The molecule has 0 amide bonds. The first-order valence-electron chi connectivity index (χ1n) is 7.09. The van der Waals surface area contributed by atoms with E-state index in [1.54, 1.807) is 25.1 Å². The zero-order chi connectivity index (χ0) is 16.2. The molecule has 0 unspecified atom stereocenters. The molecule has 0 saturated carbocycles. The van der Waals surface area contributed by atoms with Crippen LogP contribution in [0.5, 0.6) is 5.75 Å². The molecule has 0 atom stereocenters. The third-order valence-electron chi connectivity index (χ3n) is 3.44. The number of nitrogens with zero attached hydrogens (tertiary/aromatic N) is 2. The minimum absolute atomic E-state index is 0.764. The summed E-state index contributed by atoms with van der Waals surface area (Å²) in [5, 5.41) is 8.25. The van der Waals surface area contributed by atoms with E-state index in [0.717, 1.165) is 39.2 Å². The monoisotopic (exact) mass is 327 g/mol. The molecule has 0 aliphatic carbocycles. The lowest BCUT2D eigenvalue weighted by molar-refractivity contribution is 0.384. The summed E-state index contributed by atoms with van der Waals surface area (Å²) in [6.45, 7) is 1.92. The Labute approximate surface area is 139 Å². The predicted molar refractivity (Wildman–Crippen MR) is 92.5 cm³/mol. The highest BCUT2D eigenvalue weighted by Crippen LogP contribution is 2.33. The van der Waals surface area contributed by atoms with Gasteiger partial charge in [0.25, 0.3) is 0 Å². The summed E-state index contributed by atoms with van der Waals surface area (Å²) >= 11 is 1.57. The Morgan fingerprint density at radius 3 is 2.65 bits per heavy atom. The maximum atomic E-state index is 5.30. The Morgan fingerprint density at radius 1 is 1.17 bits per heavy atom. The molecular weight excluding hydrogens is 310 g/mol. The van der Waals surface area contributed by atoms with Crippen LogP contribution < -0.4 is 10.1 Å². The van der Waals surface area contributed by atoms with Crippen LogP contribution in [0.4, 0.5) is 11.5 Å². The van der Waals surface area contributed by atoms with Gasteiger partial charge in [0.1, 0.15) is 22.4 Å². The normalized spacial score (nSPS) is 10.6. The summed E-state index contributed by atoms with van der Waals surface area (Å²) in [6.07, 6.45) is 3.76. The van der Waals surface area contributed by atoms with Gasteiger partial charge in [0.15, 0.2) is 0 Å². The molecule has 0 spiro atoms. The number of nitrogens with one attached hydrogen (secondary N) is 1. The van der Waals surface area contributed by atoms with Crippen molar-refractivity contribution in [2.24, 2.45) is 0 Å². The number of thioether (sulfide) groups is 1. The first kappa shape index (κ1) is 15.4. The fraction of sp³-hybridized carbons (Fsp3) is 0.176. The Bertz CT molecular complexity index is 800. The minimum atomic E-state index is 0.764. The average Bonchev–Trinajstić information content (AvgIpc) is 2.96. The lowest BCUT2D eigenvalue weighted by atomic mass is 10.1. The lowest BCUT2D eigenvalue weighted by Crippen LogP contribution is -1.94. The van der Waals surface area contributed by atoms with Crippen LogP contribution in [0.2, 0.25) is 0 Å². The molecule has 1 aromatic carbocycles. The van der Waals surface area contributed by atoms with Gasteiger partial charge in [-0.25, -0.2) is 4.98 Å². The van der Waals surface area contributed by atoms with Gasteiger partial charge in [-0.1, -0.05) is 5.16 Å². The minimum Gasteiger partial charge on any atom is -0.497 e. The third-order valence-corrected chi connectivity index (χ3v) is 4.10. The van der Waals surface area contributed by atoms with Gasteiger partial charge in [-0.3, -0.25) is 0 Å². The number of ether oxygens (including phenoxy) is 1. The molecule has 1 N–H and O–H groups in total. The van der Waals surface area contributed by atoms with E-state index in [1.807, 2.05) is 49.6 Å². The molecule has 0 aliphatic heterocycles. The maximum absolute atomic E-state index is 5.30. The van der Waals surface area contributed by atoms with E-state index >= 15 is 0 Å². The number of aromatic nitrogens is 2. The maximum Gasteiger partial charge on any atom is 0.147 e. The highest BCUT2D eigenvalue weighted by molar-refractivity contribution is 7.98. The van der Waals surface area contributed by atoms with E-state index in [9.17, 15) is 0 Å². The van der Waals surface area contributed by atoms with Crippen molar-refractivity contribution in [3.63, 3.8) is 0 Å². The van der Waals surface area contributed by atoms with E-state index in [1.165, 1.54) is 0 Å². The number of rotatable bonds is 5. The molecule has 5 nitrogen and oxygen atoms in total. The highest BCUT2D eigenvalue weighted by Gasteiger charge is 2.14. The first-order chi connectivity index (χ1) is 11.2. The predicted octanol–water partition coefficient (Wildman–Crippen LogP) is 4.52. The summed E-state index contributed by atoms with van der Waals surface area (Å²) in [4.78, 5) is 4.37. The van der Waals surface area contributed by atoms with Gasteiger partial charge in [-0.15, -0.1) is 11.8 Å². The Kier molecular flexibility index (Phi) is 4.52. The number of aryl methyl sites for hydroxylation is 1. The van der Waals surface area contributed by atoms with Crippen LogP contribution in [0.1, 0.15) is 5.76 Å². The molecule has 3 rings (SSSR count). The summed E-state index contributed by atoms with van der Waals surface area (Å²) in [5.74, 6) is 2.39. The van der Waals surface area contributed by atoms with Crippen molar-refractivity contribution < 1.29 is 9.26 Å². The second-order valence-electron chi connectivity index (χ2n) is 4.91. The SMILES string of the molecule is COc1ccc(Nc2cc(-c3c(SC)noc3C)ccn2)cc1. The fourth-order valence-corrected chi connectivity index (χ4v) is 2.87. The van der Waals surface area contributed by atoms with Gasteiger partial charge >= 0.3 is 0 Å². The molecule has 6 heteroatoms. The topological polar surface area (TPSA) is 60.2 Å². The van der Waals surface area contributed by atoms with Gasteiger partial charge < -0.3 is 14.6 Å². The van der Waals surface area contributed by atoms with E-state index in [2.05, 4.69) is 15.5 Å². The summed E-state index contributed by atoms with van der Waals surface area (Å²) in [7, 11) is 1.65. The molecule has 2 aromatic heterocycles. The van der Waals surface area contributed by atoms with E-state index in [0.29, 0.717) is 0 Å². The lowest BCUT2D eigenvalue weighted by Gasteiger charge is -2.08. The van der Waals surface area contributed by atoms with Gasteiger partial charge in [-0.2, -0.15) is 0 Å². The van der Waals surface area contributed by atoms with Gasteiger partial charge in [0, 0.05) is 11.9 Å². The van der Waals surface area contributed by atoms with E-state index in [-0.39, 0.29) is 0 Å². The van der Waals surface area contributed by atoms with Crippen LogP contribution in [0.25, 0.3) is 11.1 Å². The number of hydrogen-bond donors (Lipinski definition) is 1. The van der Waals surface area contributed by atoms with Crippen LogP contribution in [0.3, 0.4) is 0 Å². The van der Waals surface area contributed by atoms with Gasteiger partial charge in [-0.05, 0) is 55.1 Å². The molecule has 0 aliphatic rings. The standard InChI is InChI=1S/C17H17N3O2S/c1-11-16(17(23-3)20-22-11)12-8-9-18-15(10-12)19-13-4-6-14(21-2)7-5-13/h4-10H,1-3H3,(H,18,19). The largest absolute Gasteiger partial charge is 0.497 e. The fourth-order valence-electron chi connectivity index (χ4n) is 2.29. The molecule has 0 saturated heterocycles. The number of pyridine rings is 1. The van der Waals surface area contributed by atoms with Crippen LogP contribution in [0, 0.1) is 6.92 Å². The van der Waals surface area contributed by atoms with Gasteiger partial charge in [0.05, 0.1) is 12.7 Å². The Hall–Kier alpha value is -2.47. The molecule has 3 aromatic rings. The molecule has 23 heavy (non-hydrogen) atoms. The number of methoxy groups -OCH3 is 1. The Morgan fingerprint density at radius 2 is 1.96 bits per heavy atom.